The number of nitrogens with two attached hydrogens (primary N) is 1. The first-order valence-electron chi connectivity index (χ1n) is 6.80. The van der Waals surface area contributed by atoms with Crippen LogP contribution < -0.4 is 5.73 Å². The Kier molecular flexibility index (Phi) is 4.02. The van der Waals surface area contributed by atoms with E-state index in [1.54, 1.807) is 0 Å². The average Bonchev–Trinajstić information content (AvgIpc) is 2.94. The largest absolute Gasteiger partial charge is 0.325 e. The van der Waals surface area contributed by atoms with Gasteiger partial charge in [0, 0.05) is 25.8 Å². The van der Waals surface area contributed by atoms with Crippen LogP contribution in [-0.2, 0) is 13.1 Å². The van der Waals surface area contributed by atoms with Gasteiger partial charge < -0.3 is 10.6 Å². The number of hydrogen-bond donors (Lipinski definition) is 1. The SMILES string of the molecule is CC(C)(C)C1CCN(CCn2cc(CN)nn2)C1. The molecule has 2 heterocycles. The standard InChI is InChI=1S/C13H25N5/c1-13(2,3)11-4-5-17(9-11)6-7-18-10-12(8-14)15-16-18/h10-11H,4-9,14H2,1-3H3. The first-order valence-corrected chi connectivity index (χ1v) is 6.80. The van der Waals surface area contributed by atoms with Crippen LogP contribution in [0.3, 0.4) is 0 Å². The number of rotatable bonds is 4. The van der Waals surface area contributed by atoms with Crippen LogP contribution in [0.2, 0.25) is 0 Å². The quantitative estimate of drug-likeness (QED) is 0.870. The molecule has 0 aromatic carbocycles. The zero-order valence-electron chi connectivity index (χ0n) is 11.8. The topological polar surface area (TPSA) is 60.0 Å². The summed E-state index contributed by atoms with van der Waals surface area (Å²) in [5.74, 6) is 0.813. The van der Waals surface area contributed by atoms with E-state index in [2.05, 4.69) is 36.0 Å². The predicted octanol–water partition coefficient (Wildman–Crippen LogP) is 1.10. The van der Waals surface area contributed by atoms with Crippen LogP contribution in [0.5, 0.6) is 0 Å². The molecule has 1 unspecified atom stereocenters. The lowest BCUT2D eigenvalue weighted by atomic mass is 9.80. The highest BCUT2D eigenvalue weighted by molar-refractivity contribution is 4.90. The lowest BCUT2D eigenvalue weighted by Gasteiger charge is -2.27. The third-order valence-electron chi connectivity index (χ3n) is 3.94. The molecular weight excluding hydrogens is 226 g/mol. The van der Waals surface area contributed by atoms with E-state index in [0.717, 1.165) is 24.7 Å². The molecule has 0 aliphatic carbocycles. The fourth-order valence-corrected chi connectivity index (χ4v) is 2.53. The lowest BCUT2D eigenvalue weighted by molar-refractivity contribution is 0.225. The number of likely N-dealkylation sites (tertiary alicyclic amines) is 1. The molecule has 1 aromatic rings. The number of nitrogens with zero attached hydrogens (tertiary/aromatic N) is 4. The van der Waals surface area contributed by atoms with E-state index in [9.17, 15) is 0 Å². The second-order valence-corrected chi connectivity index (χ2v) is 6.33. The highest BCUT2D eigenvalue weighted by Gasteiger charge is 2.31. The Morgan fingerprint density at radius 3 is 2.72 bits per heavy atom. The first kappa shape index (κ1) is 13.5. The second-order valence-electron chi connectivity index (χ2n) is 6.33. The Balaban J connectivity index is 1.78. The van der Waals surface area contributed by atoms with Gasteiger partial charge in [-0.3, -0.25) is 4.68 Å². The fraction of sp³-hybridized carbons (Fsp3) is 0.846. The van der Waals surface area contributed by atoms with Crippen molar-refractivity contribution >= 4 is 0 Å². The zero-order valence-corrected chi connectivity index (χ0v) is 11.8. The van der Waals surface area contributed by atoms with E-state index in [-0.39, 0.29) is 0 Å². The lowest BCUT2D eigenvalue weighted by Crippen LogP contribution is -2.28. The van der Waals surface area contributed by atoms with Crippen LogP contribution in [0.4, 0.5) is 0 Å². The Labute approximate surface area is 109 Å². The zero-order chi connectivity index (χ0) is 13.2. The maximum atomic E-state index is 5.52. The Bertz CT molecular complexity index is 379. The highest BCUT2D eigenvalue weighted by Crippen LogP contribution is 2.33. The van der Waals surface area contributed by atoms with Gasteiger partial charge in [-0.1, -0.05) is 26.0 Å². The summed E-state index contributed by atoms with van der Waals surface area (Å²) in [5, 5.41) is 8.08. The fourth-order valence-electron chi connectivity index (χ4n) is 2.53. The molecule has 102 valence electrons. The molecule has 1 saturated heterocycles. The van der Waals surface area contributed by atoms with Gasteiger partial charge >= 0.3 is 0 Å². The smallest absolute Gasteiger partial charge is 0.0962 e. The minimum atomic E-state index is 0.425. The van der Waals surface area contributed by atoms with Crippen molar-refractivity contribution in [1.82, 2.24) is 19.9 Å². The van der Waals surface area contributed by atoms with Crippen molar-refractivity contribution < 1.29 is 0 Å². The van der Waals surface area contributed by atoms with Crippen LogP contribution in [0.1, 0.15) is 32.9 Å². The van der Waals surface area contributed by atoms with E-state index in [1.807, 2.05) is 10.9 Å². The van der Waals surface area contributed by atoms with E-state index >= 15 is 0 Å². The normalized spacial score (nSPS) is 21.7. The van der Waals surface area contributed by atoms with Gasteiger partial charge in [-0.25, -0.2) is 0 Å². The van der Waals surface area contributed by atoms with Crippen molar-refractivity contribution in [2.75, 3.05) is 19.6 Å². The van der Waals surface area contributed by atoms with Crippen molar-refractivity contribution in [2.45, 2.75) is 40.3 Å². The highest BCUT2D eigenvalue weighted by atomic mass is 15.4. The molecule has 0 radical (unpaired) electrons. The Morgan fingerprint density at radius 2 is 2.17 bits per heavy atom. The molecule has 1 aliphatic heterocycles. The maximum absolute atomic E-state index is 5.52. The molecule has 0 spiro atoms. The van der Waals surface area contributed by atoms with E-state index < -0.39 is 0 Å². The van der Waals surface area contributed by atoms with Crippen molar-refractivity contribution in [1.29, 1.82) is 0 Å². The van der Waals surface area contributed by atoms with Crippen LogP contribution in [0, 0.1) is 11.3 Å². The third kappa shape index (κ3) is 3.29. The van der Waals surface area contributed by atoms with Crippen LogP contribution >= 0.6 is 0 Å². The summed E-state index contributed by atoms with van der Waals surface area (Å²) < 4.78 is 1.90. The molecule has 0 amide bonds. The summed E-state index contributed by atoms with van der Waals surface area (Å²) in [6.07, 6.45) is 3.26. The van der Waals surface area contributed by atoms with Gasteiger partial charge in [0.15, 0.2) is 0 Å². The maximum Gasteiger partial charge on any atom is 0.0962 e. The van der Waals surface area contributed by atoms with Gasteiger partial charge in [0.05, 0.1) is 12.2 Å². The van der Waals surface area contributed by atoms with Crippen molar-refractivity contribution in [3.63, 3.8) is 0 Å². The number of aromatic nitrogens is 3. The molecule has 1 aromatic heterocycles. The minimum Gasteiger partial charge on any atom is -0.325 e. The van der Waals surface area contributed by atoms with E-state index in [1.165, 1.54) is 19.5 Å². The Hall–Kier alpha value is -0.940. The molecule has 1 fully saturated rings. The van der Waals surface area contributed by atoms with E-state index in [4.69, 9.17) is 5.73 Å². The summed E-state index contributed by atoms with van der Waals surface area (Å²) in [5.41, 5.74) is 6.81. The molecule has 0 saturated carbocycles. The predicted molar refractivity (Wildman–Crippen MR) is 71.9 cm³/mol. The van der Waals surface area contributed by atoms with Gasteiger partial charge in [0.1, 0.15) is 0 Å². The van der Waals surface area contributed by atoms with Crippen LogP contribution in [0.25, 0.3) is 0 Å². The first-order chi connectivity index (χ1) is 8.49. The average molecular weight is 251 g/mol. The third-order valence-corrected chi connectivity index (χ3v) is 3.94. The van der Waals surface area contributed by atoms with Gasteiger partial charge in [-0.2, -0.15) is 0 Å². The van der Waals surface area contributed by atoms with Crippen LogP contribution in [-0.4, -0.2) is 39.5 Å². The summed E-state index contributed by atoms with van der Waals surface area (Å²) >= 11 is 0. The summed E-state index contributed by atoms with van der Waals surface area (Å²) in [4.78, 5) is 2.53. The van der Waals surface area contributed by atoms with Gasteiger partial charge in [0.2, 0.25) is 0 Å². The molecule has 1 atom stereocenters. The van der Waals surface area contributed by atoms with Gasteiger partial charge in [-0.15, -0.1) is 5.10 Å². The molecule has 2 rings (SSSR count). The molecule has 2 N–H and O–H groups in total. The molecule has 18 heavy (non-hydrogen) atoms. The monoisotopic (exact) mass is 251 g/mol. The minimum absolute atomic E-state index is 0.425. The van der Waals surface area contributed by atoms with Gasteiger partial charge in [-0.05, 0) is 24.3 Å². The summed E-state index contributed by atoms with van der Waals surface area (Å²) in [7, 11) is 0. The van der Waals surface area contributed by atoms with Crippen molar-refractivity contribution in [3.8, 4) is 0 Å². The molecular formula is C13H25N5. The Morgan fingerprint density at radius 1 is 1.39 bits per heavy atom. The van der Waals surface area contributed by atoms with Crippen molar-refractivity contribution in [3.05, 3.63) is 11.9 Å². The molecule has 0 bridgehead atoms. The molecule has 1 aliphatic rings. The second kappa shape index (κ2) is 5.36. The van der Waals surface area contributed by atoms with E-state index in [0.29, 0.717) is 12.0 Å². The number of hydrogen-bond acceptors (Lipinski definition) is 4. The van der Waals surface area contributed by atoms with Crippen molar-refractivity contribution in [2.24, 2.45) is 17.1 Å². The molecule has 5 nitrogen and oxygen atoms in total. The summed E-state index contributed by atoms with van der Waals surface area (Å²) in [6.45, 7) is 11.9. The molecule has 5 heteroatoms. The summed E-state index contributed by atoms with van der Waals surface area (Å²) in [6, 6.07) is 0. The van der Waals surface area contributed by atoms with Gasteiger partial charge in [0.25, 0.3) is 0 Å². The van der Waals surface area contributed by atoms with Crippen LogP contribution in [0.15, 0.2) is 6.20 Å².